The van der Waals surface area contributed by atoms with Gasteiger partial charge in [0.2, 0.25) is 10.0 Å². The van der Waals surface area contributed by atoms with Gasteiger partial charge in [0.1, 0.15) is 11.7 Å². The molecule has 186 valence electrons. The average molecular weight is 497 g/mol. The highest BCUT2D eigenvalue weighted by molar-refractivity contribution is 7.89. The third-order valence-electron chi connectivity index (χ3n) is 6.33. The summed E-state index contributed by atoms with van der Waals surface area (Å²) in [5, 5.41) is -0.842. The number of benzene rings is 1. The van der Waals surface area contributed by atoms with Crippen LogP contribution in [0.2, 0.25) is 0 Å². The molecular weight excluding hydrogens is 463 g/mol. The lowest BCUT2D eigenvalue weighted by Crippen LogP contribution is -2.42. The molecule has 0 spiro atoms. The Hall–Kier alpha value is -2.97. The summed E-state index contributed by atoms with van der Waals surface area (Å²) in [4.78, 5) is 13.0. The van der Waals surface area contributed by atoms with E-state index < -0.39 is 21.1 Å². The van der Waals surface area contributed by atoms with Crippen molar-refractivity contribution >= 4 is 16.2 Å². The number of nitrogens with zero attached hydrogens (tertiary/aromatic N) is 4. The molecule has 6 nitrogen and oxygen atoms in total. The van der Waals surface area contributed by atoms with E-state index in [1.807, 2.05) is 25.4 Å². The molecule has 0 aliphatic carbocycles. The Bertz CT molecular complexity index is 1230. The number of sulfonamides is 1. The van der Waals surface area contributed by atoms with Gasteiger partial charge in [0.15, 0.2) is 0 Å². The Kier molecular flexibility index (Phi) is 9.23. The zero-order valence-corrected chi connectivity index (χ0v) is 21.5. The van der Waals surface area contributed by atoms with Gasteiger partial charge >= 0.3 is 0 Å². The molecule has 0 N–H and O–H groups in total. The first kappa shape index (κ1) is 26.6. The lowest BCUT2D eigenvalue weighted by molar-refractivity contribution is 0.312. The maximum atomic E-state index is 13.9. The fourth-order valence-electron chi connectivity index (χ4n) is 3.98. The number of rotatable bonds is 8. The number of hydrogen-bond acceptors (Lipinski definition) is 5. The molecule has 1 aromatic heterocycles. The second-order valence-corrected chi connectivity index (χ2v) is 11.0. The molecule has 35 heavy (non-hydrogen) atoms. The van der Waals surface area contributed by atoms with E-state index in [9.17, 15) is 12.8 Å². The van der Waals surface area contributed by atoms with E-state index in [0.29, 0.717) is 25.9 Å². The predicted octanol–water partition coefficient (Wildman–Crippen LogP) is 5.67. The van der Waals surface area contributed by atoms with Gasteiger partial charge in [0.25, 0.3) is 0 Å². The van der Waals surface area contributed by atoms with E-state index in [1.165, 1.54) is 27.7 Å². The van der Waals surface area contributed by atoms with Crippen LogP contribution in [0.4, 0.5) is 4.39 Å². The van der Waals surface area contributed by atoms with Crippen molar-refractivity contribution in [2.75, 3.05) is 13.1 Å². The number of aryl methyl sites for hydroxylation is 1. The zero-order chi connectivity index (χ0) is 25.4. The lowest BCUT2D eigenvalue weighted by atomic mass is 9.96. The molecule has 3 rings (SSSR count). The van der Waals surface area contributed by atoms with Gasteiger partial charge in [-0.3, -0.25) is 4.99 Å². The molecule has 8 heteroatoms. The second-order valence-electron chi connectivity index (χ2n) is 8.70. The first-order chi connectivity index (χ1) is 16.7. The predicted molar refractivity (Wildman–Crippen MR) is 141 cm³/mol. The molecule has 1 atom stereocenters. The molecule has 1 aliphatic rings. The van der Waals surface area contributed by atoms with E-state index in [-0.39, 0.29) is 5.92 Å². The quantitative estimate of drug-likeness (QED) is 0.348. The van der Waals surface area contributed by atoms with E-state index in [2.05, 4.69) is 40.9 Å². The summed E-state index contributed by atoms with van der Waals surface area (Å²) in [7, 11) is -3.58. The summed E-state index contributed by atoms with van der Waals surface area (Å²) in [6.07, 6.45) is 13.5. The molecule has 0 saturated carbocycles. The van der Waals surface area contributed by atoms with Gasteiger partial charge in [-0.2, -0.15) is 0 Å². The minimum absolute atomic E-state index is 0.107. The van der Waals surface area contributed by atoms with Crippen molar-refractivity contribution in [2.24, 2.45) is 4.99 Å². The van der Waals surface area contributed by atoms with E-state index in [1.54, 1.807) is 19.1 Å². The zero-order valence-electron chi connectivity index (χ0n) is 20.7. The third kappa shape index (κ3) is 6.80. The van der Waals surface area contributed by atoms with Crippen LogP contribution in [-0.4, -0.2) is 47.2 Å². The molecule has 0 bridgehead atoms. The molecule has 2 aromatic rings. The van der Waals surface area contributed by atoms with E-state index >= 15 is 0 Å². The minimum atomic E-state index is -3.58. The van der Waals surface area contributed by atoms with Gasteiger partial charge in [-0.1, -0.05) is 30.4 Å². The standard InChI is InChI=1S/C27H33FN4O2S/c1-5-6-14-29-19-25(28)11-10-21(3)35(33,34)32-15-12-23(13-16-32)27-30-17-24(18-31-27)26-9-7-8-20(2)22(26)4/h5-11,14,17-19,21,23H,12-13,15-16H2,1-4H3/b6-5-,11-10-,25-19-,29-14-. The van der Waals surface area contributed by atoms with E-state index in [0.717, 1.165) is 29.2 Å². The largest absolute Gasteiger partial charge is 0.262 e. The molecular formula is C27H33FN4O2S. The first-order valence-corrected chi connectivity index (χ1v) is 13.3. The molecule has 1 saturated heterocycles. The Balaban J connectivity index is 1.60. The van der Waals surface area contributed by atoms with Crippen molar-refractivity contribution in [3.05, 3.63) is 83.9 Å². The van der Waals surface area contributed by atoms with Gasteiger partial charge in [0.05, 0.1) is 11.4 Å². The topological polar surface area (TPSA) is 75.5 Å². The summed E-state index contributed by atoms with van der Waals surface area (Å²) in [6.45, 7) is 8.34. The van der Waals surface area contributed by atoms with Crippen LogP contribution in [0.15, 0.2) is 71.9 Å². The smallest absolute Gasteiger partial charge is 0.220 e. The van der Waals surface area contributed by atoms with Gasteiger partial charge in [-0.15, -0.1) is 0 Å². The summed E-state index contributed by atoms with van der Waals surface area (Å²) >= 11 is 0. The van der Waals surface area contributed by atoms with Gasteiger partial charge in [0, 0.05) is 43.2 Å². The highest BCUT2D eigenvalue weighted by Crippen LogP contribution is 2.30. The van der Waals surface area contributed by atoms with Gasteiger partial charge in [-0.05, 0) is 69.4 Å². The molecule has 1 aliphatic heterocycles. The Morgan fingerprint density at radius 2 is 1.89 bits per heavy atom. The van der Waals surface area contributed by atoms with Crippen LogP contribution in [0.1, 0.15) is 49.6 Å². The van der Waals surface area contributed by atoms with Crippen LogP contribution < -0.4 is 0 Å². The highest BCUT2D eigenvalue weighted by Gasteiger charge is 2.32. The normalized spacial score (nSPS) is 17.7. The van der Waals surface area contributed by atoms with Crippen LogP contribution in [-0.2, 0) is 10.0 Å². The van der Waals surface area contributed by atoms with Crippen LogP contribution in [0.3, 0.4) is 0 Å². The number of aliphatic imine (C=N–C) groups is 1. The van der Waals surface area contributed by atoms with E-state index in [4.69, 9.17) is 0 Å². The Morgan fingerprint density at radius 1 is 1.20 bits per heavy atom. The molecule has 1 fully saturated rings. The van der Waals surface area contributed by atoms with Crippen molar-refractivity contribution in [3.8, 4) is 11.1 Å². The molecule has 1 unspecified atom stereocenters. The maximum Gasteiger partial charge on any atom is 0.220 e. The molecule has 0 radical (unpaired) electrons. The second kappa shape index (κ2) is 12.1. The Morgan fingerprint density at radius 3 is 2.54 bits per heavy atom. The van der Waals surface area contributed by atoms with Gasteiger partial charge in [-0.25, -0.2) is 27.1 Å². The monoisotopic (exact) mass is 496 g/mol. The van der Waals surface area contributed by atoms with Crippen LogP contribution in [0, 0.1) is 13.8 Å². The van der Waals surface area contributed by atoms with Crippen LogP contribution in [0.5, 0.6) is 0 Å². The fraction of sp³-hybridized carbons (Fsp3) is 0.370. The van der Waals surface area contributed by atoms with Gasteiger partial charge < -0.3 is 0 Å². The molecule has 2 heterocycles. The summed E-state index contributed by atoms with van der Waals surface area (Å²) in [5.41, 5.74) is 4.53. The Labute approximate surface area is 208 Å². The molecule has 1 aromatic carbocycles. The van der Waals surface area contributed by atoms with Crippen molar-refractivity contribution in [3.63, 3.8) is 0 Å². The minimum Gasteiger partial charge on any atom is -0.262 e. The number of hydrogen-bond donors (Lipinski definition) is 0. The maximum absolute atomic E-state index is 13.9. The number of allylic oxidation sites excluding steroid dienone is 4. The number of aromatic nitrogens is 2. The van der Waals surface area contributed by atoms with Crippen molar-refractivity contribution < 1.29 is 12.8 Å². The van der Waals surface area contributed by atoms with Crippen molar-refractivity contribution in [1.29, 1.82) is 0 Å². The summed E-state index contributed by atoms with van der Waals surface area (Å²) in [6, 6.07) is 6.18. The van der Waals surface area contributed by atoms with Crippen LogP contribution >= 0.6 is 0 Å². The van der Waals surface area contributed by atoms with Crippen molar-refractivity contribution in [2.45, 2.75) is 51.7 Å². The fourth-order valence-corrected chi connectivity index (χ4v) is 5.44. The number of halogens is 1. The highest BCUT2D eigenvalue weighted by atomic mass is 32.2. The average Bonchev–Trinajstić information content (AvgIpc) is 2.87. The third-order valence-corrected chi connectivity index (χ3v) is 8.51. The summed E-state index contributed by atoms with van der Waals surface area (Å²) < 4.78 is 41.3. The molecule has 0 amide bonds. The van der Waals surface area contributed by atoms with Crippen molar-refractivity contribution in [1.82, 2.24) is 14.3 Å². The summed E-state index contributed by atoms with van der Waals surface area (Å²) in [5.74, 6) is 0.248. The van der Waals surface area contributed by atoms with Crippen LogP contribution in [0.25, 0.3) is 11.1 Å². The SMILES string of the molecule is C\C=C/C=N\C=C(F)\C=C/C(C)S(=O)(=O)N1CCC(c2ncc(-c3cccc(C)c3C)cn2)CC1. The first-order valence-electron chi connectivity index (χ1n) is 11.8. The number of piperidine rings is 1. The lowest BCUT2D eigenvalue weighted by Gasteiger charge is -2.31.